The van der Waals surface area contributed by atoms with Crippen LogP contribution in [0.4, 0.5) is 9.59 Å². The van der Waals surface area contributed by atoms with Crippen molar-refractivity contribution < 1.29 is 29.0 Å². The molecule has 190 valence electrons. The summed E-state index contributed by atoms with van der Waals surface area (Å²) in [6.45, 7) is 5.35. The maximum Gasteiger partial charge on any atom is 0.417 e. The van der Waals surface area contributed by atoms with Gasteiger partial charge in [-0.2, -0.15) is 0 Å². The molecule has 0 saturated carbocycles. The highest BCUT2D eigenvalue weighted by atomic mass is 35.5. The molecule has 0 aliphatic rings. The first kappa shape index (κ1) is 27.0. The zero-order valence-corrected chi connectivity index (χ0v) is 21.6. The number of carboxylic acid groups (broad SMARTS) is 1. The van der Waals surface area contributed by atoms with Crippen molar-refractivity contribution in [2.45, 2.75) is 32.3 Å². The van der Waals surface area contributed by atoms with Gasteiger partial charge in [0.05, 0.1) is 16.5 Å². The zero-order chi connectivity index (χ0) is 26.6. The molecule has 0 spiro atoms. The number of ether oxygens (including phenoxy) is 2. The lowest BCUT2D eigenvalue weighted by Crippen LogP contribution is -2.37. The minimum absolute atomic E-state index is 0.0821. The first-order chi connectivity index (χ1) is 16.9. The summed E-state index contributed by atoms with van der Waals surface area (Å²) in [5.41, 5.74) is 0.104. The van der Waals surface area contributed by atoms with Gasteiger partial charge < -0.3 is 19.5 Å². The fourth-order valence-electron chi connectivity index (χ4n) is 3.34. The van der Waals surface area contributed by atoms with E-state index in [-0.39, 0.29) is 28.7 Å². The van der Waals surface area contributed by atoms with Crippen molar-refractivity contribution >= 4 is 41.4 Å². The second-order valence-corrected chi connectivity index (χ2v) is 9.78. The second-order valence-electron chi connectivity index (χ2n) is 8.93. The molecule has 1 unspecified atom stereocenters. The fourth-order valence-corrected chi connectivity index (χ4v) is 3.83. The van der Waals surface area contributed by atoms with Crippen LogP contribution in [0.15, 0.2) is 54.9 Å². The maximum absolute atomic E-state index is 12.6. The molecule has 11 heteroatoms. The number of rotatable bonds is 6. The number of hydrogen-bond donors (Lipinski definition) is 1. The first-order valence-electron chi connectivity index (χ1n) is 10.8. The molecule has 9 nitrogen and oxygen atoms in total. The highest BCUT2D eigenvalue weighted by Crippen LogP contribution is 2.28. The van der Waals surface area contributed by atoms with Crippen molar-refractivity contribution in [3.63, 3.8) is 0 Å². The summed E-state index contributed by atoms with van der Waals surface area (Å²) in [7, 11) is 1.56. The molecule has 1 atom stereocenters. The Labute approximate surface area is 218 Å². The molecule has 0 aliphatic carbocycles. The Balaban J connectivity index is 1.86. The number of aromatic nitrogens is 2. The number of halogens is 2. The third-order valence-electron chi connectivity index (χ3n) is 4.99. The van der Waals surface area contributed by atoms with E-state index >= 15 is 0 Å². The topological polar surface area (TPSA) is 111 Å². The number of esters is 1. The number of carbonyl (C=O) groups is 3. The van der Waals surface area contributed by atoms with E-state index in [1.54, 1.807) is 52.1 Å². The lowest BCUT2D eigenvalue weighted by atomic mass is 9.97. The fraction of sp³-hybridized carbons (Fsp3) is 0.280. The molecule has 1 amide bonds. The van der Waals surface area contributed by atoms with Gasteiger partial charge in [0.15, 0.2) is 0 Å². The predicted octanol–water partition coefficient (Wildman–Crippen LogP) is 5.93. The van der Waals surface area contributed by atoms with E-state index in [1.807, 2.05) is 0 Å². The summed E-state index contributed by atoms with van der Waals surface area (Å²) < 4.78 is 11.8. The number of amides is 1. The van der Waals surface area contributed by atoms with Crippen LogP contribution in [0, 0.1) is 0 Å². The predicted molar refractivity (Wildman–Crippen MR) is 134 cm³/mol. The highest BCUT2D eigenvalue weighted by Gasteiger charge is 2.27. The normalized spacial score (nSPS) is 12.1. The van der Waals surface area contributed by atoms with Gasteiger partial charge in [0.25, 0.3) is 0 Å². The SMILES string of the molecule is CN(CC(c1ccc(OC(=O)c2ccc(Cl)cc2Cl)cc1)c1nccn1C(=O)O)C(=O)OC(C)(C)C. The summed E-state index contributed by atoms with van der Waals surface area (Å²) >= 11 is 12.0. The van der Waals surface area contributed by atoms with Crippen LogP contribution < -0.4 is 4.74 Å². The van der Waals surface area contributed by atoms with Gasteiger partial charge in [-0.15, -0.1) is 0 Å². The summed E-state index contributed by atoms with van der Waals surface area (Å²) in [6, 6.07) is 10.9. The minimum Gasteiger partial charge on any atom is -0.464 e. The lowest BCUT2D eigenvalue weighted by Gasteiger charge is -2.27. The minimum atomic E-state index is -1.21. The smallest absolute Gasteiger partial charge is 0.417 e. The standard InChI is InChI=1S/C25H25Cl2N3O6/c1-25(2,3)36-24(34)29(4)14-19(21-28-11-12-30(21)23(32)33)15-5-8-17(9-6-15)35-22(31)18-10-7-16(26)13-20(18)27/h5-13,19H,14H2,1-4H3,(H,32,33). The van der Waals surface area contributed by atoms with Crippen molar-refractivity contribution in [2.75, 3.05) is 13.6 Å². The average Bonchev–Trinajstić information content (AvgIpc) is 3.26. The van der Waals surface area contributed by atoms with Crippen LogP contribution in [0.2, 0.25) is 10.0 Å². The third-order valence-corrected chi connectivity index (χ3v) is 5.54. The van der Waals surface area contributed by atoms with Crippen molar-refractivity contribution in [1.29, 1.82) is 0 Å². The average molecular weight is 534 g/mol. The Kier molecular flexibility index (Phi) is 8.27. The molecule has 3 rings (SSSR count). The molecular formula is C25H25Cl2N3O6. The van der Waals surface area contributed by atoms with Crippen molar-refractivity contribution in [3.8, 4) is 5.75 Å². The van der Waals surface area contributed by atoms with Crippen LogP contribution in [0.3, 0.4) is 0 Å². The van der Waals surface area contributed by atoms with E-state index in [4.69, 9.17) is 32.7 Å². The number of carbonyl (C=O) groups excluding carboxylic acids is 2. The Morgan fingerprint density at radius 2 is 1.78 bits per heavy atom. The highest BCUT2D eigenvalue weighted by molar-refractivity contribution is 6.36. The molecular weight excluding hydrogens is 509 g/mol. The number of hydrogen-bond acceptors (Lipinski definition) is 6. The van der Waals surface area contributed by atoms with Crippen LogP contribution in [-0.2, 0) is 4.74 Å². The Hall–Kier alpha value is -3.56. The van der Waals surface area contributed by atoms with Crippen LogP contribution in [0.1, 0.15) is 48.4 Å². The molecule has 1 aromatic heterocycles. The Morgan fingerprint density at radius 3 is 2.36 bits per heavy atom. The van der Waals surface area contributed by atoms with Crippen molar-refractivity contribution in [2.24, 2.45) is 0 Å². The quantitative estimate of drug-likeness (QED) is 0.308. The number of likely N-dealkylation sites (N-methyl/N-ethyl adjacent to an activating group) is 1. The molecule has 0 radical (unpaired) electrons. The van der Waals surface area contributed by atoms with Gasteiger partial charge in [0.1, 0.15) is 17.2 Å². The van der Waals surface area contributed by atoms with E-state index in [0.29, 0.717) is 10.6 Å². The van der Waals surface area contributed by atoms with E-state index in [9.17, 15) is 19.5 Å². The summed E-state index contributed by atoms with van der Waals surface area (Å²) in [5.74, 6) is -0.817. The van der Waals surface area contributed by atoms with E-state index in [1.165, 1.54) is 35.5 Å². The molecule has 0 aliphatic heterocycles. The summed E-state index contributed by atoms with van der Waals surface area (Å²) in [4.78, 5) is 42.4. The van der Waals surface area contributed by atoms with Crippen LogP contribution in [0.25, 0.3) is 0 Å². The van der Waals surface area contributed by atoms with Gasteiger partial charge in [-0.3, -0.25) is 0 Å². The second kappa shape index (κ2) is 11.0. The summed E-state index contributed by atoms with van der Waals surface area (Å²) in [6.07, 6.45) is 0.921. The van der Waals surface area contributed by atoms with Gasteiger partial charge in [-0.25, -0.2) is 23.9 Å². The number of benzene rings is 2. The molecule has 0 bridgehead atoms. The monoisotopic (exact) mass is 533 g/mol. The molecule has 0 saturated heterocycles. The van der Waals surface area contributed by atoms with E-state index < -0.39 is 29.7 Å². The molecule has 2 aromatic carbocycles. The molecule has 0 fully saturated rings. The summed E-state index contributed by atoms with van der Waals surface area (Å²) in [5, 5.41) is 10.1. The van der Waals surface area contributed by atoms with Crippen molar-refractivity contribution in [1.82, 2.24) is 14.5 Å². The number of imidazole rings is 1. The van der Waals surface area contributed by atoms with Gasteiger partial charge in [0.2, 0.25) is 0 Å². The third kappa shape index (κ3) is 6.77. The maximum atomic E-state index is 12.6. The van der Waals surface area contributed by atoms with Crippen molar-refractivity contribution in [3.05, 3.63) is 81.9 Å². The molecule has 1 N–H and O–H groups in total. The van der Waals surface area contributed by atoms with Gasteiger partial charge >= 0.3 is 18.2 Å². The Morgan fingerprint density at radius 1 is 1.11 bits per heavy atom. The Bertz CT molecular complexity index is 1270. The number of nitrogens with zero attached hydrogens (tertiary/aromatic N) is 3. The van der Waals surface area contributed by atoms with Gasteiger partial charge in [-0.05, 0) is 56.7 Å². The van der Waals surface area contributed by atoms with E-state index in [2.05, 4.69) is 4.98 Å². The van der Waals surface area contributed by atoms with Crippen LogP contribution >= 0.6 is 23.2 Å². The van der Waals surface area contributed by atoms with Gasteiger partial charge in [-0.1, -0.05) is 35.3 Å². The van der Waals surface area contributed by atoms with E-state index in [0.717, 1.165) is 4.57 Å². The first-order valence-corrected chi connectivity index (χ1v) is 11.6. The molecule has 3 aromatic rings. The lowest BCUT2D eigenvalue weighted by molar-refractivity contribution is 0.0292. The molecule has 36 heavy (non-hydrogen) atoms. The molecule has 1 heterocycles. The van der Waals surface area contributed by atoms with Crippen LogP contribution in [-0.4, -0.2) is 56.9 Å². The van der Waals surface area contributed by atoms with Gasteiger partial charge in [0, 0.05) is 31.0 Å². The zero-order valence-electron chi connectivity index (χ0n) is 20.1. The van der Waals surface area contributed by atoms with Crippen LogP contribution in [0.5, 0.6) is 5.75 Å². The largest absolute Gasteiger partial charge is 0.464 e.